The standard InChI is InChI=1S/4C11H11.2C7H9Si.2ClH.2Hf/c4*1-8-6-7-9(2)11-5-3-4-10(8)11;2*1-8-7-5-3-2-4-6-7;;;;/h4*3-7H,1-2H3;2*2-6,8H,1H3;2*1H;;/q;;;;;;;;2*+1/p-2. The normalized spacial score (nSPS) is 18.8. The zero-order valence-corrected chi connectivity index (χ0v) is 50.2. The van der Waals surface area contributed by atoms with Gasteiger partial charge in [-0.1, -0.05) is 0 Å². The molecule has 64 heavy (non-hydrogen) atoms. The van der Waals surface area contributed by atoms with Crippen molar-refractivity contribution < 1.29 is 66.0 Å². The van der Waals surface area contributed by atoms with Gasteiger partial charge in [0.05, 0.1) is 0 Å². The number of fused-ring (bicyclic) bond motifs is 4. The molecule has 0 radical (unpaired) electrons. The number of allylic oxidation sites excluding steroid dienone is 4. The Kier molecular flexibility index (Phi) is 15.7. The van der Waals surface area contributed by atoms with E-state index in [0.29, 0.717) is 14.7 Å². The molecular formula is C58H62Cl2Hf2Si2. The third-order valence-electron chi connectivity index (χ3n) is 15.0. The van der Waals surface area contributed by atoms with Gasteiger partial charge in [-0.25, -0.2) is 0 Å². The molecule has 6 heteroatoms. The Balaban J connectivity index is 0.000000186. The molecule has 0 N–H and O–H groups in total. The summed E-state index contributed by atoms with van der Waals surface area (Å²) >= 11 is -4.53. The number of hydrogen-bond acceptors (Lipinski definition) is 0. The number of halogens is 2. The van der Waals surface area contributed by atoms with Gasteiger partial charge in [-0.15, -0.1) is 0 Å². The first kappa shape index (κ1) is 49.0. The second-order valence-corrected chi connectivity index (χ2v) is 68.6. The summed E-state index contributed by atoms with van der Waals surface area (Å²) in [6, 6.07) is 41.7. The third kappa shape index (κ3) is 8.95. The molecule has 0 fully saturated rings. The fourth-order valence-electron chi connectivity index (χ4n) is 11.6. The van der Waals surface area contributed by atoms with E-state index in [4.69, 9.17) is 0 Å². The van der Waals surface area contributed by atoms with Crippen molar-refractivity contribution in [1.29, 1.82) is 0 Å². The smallest absolute Gasteiger partial charge is 1.00 e. The molecule has 6 atom stereocenters. The van der Waals surface area contributed by atoms with Crippen LogP contribution in [0.1, 0.15) is 104 Å². The SMILES string of the molecule is Cc1ccc(C)c2c1C=C[CH]2[Hf+]([CH]1C=Cc2c(C)ccc(C)c21)[SiH](C)c1ccccc1.Cc1ccc(C)c2c1C=C[CH]2[Hf+]([CH]1C=Cc2c(C)ccc(C)c21)[SiH](C)c1ccccc1.[Cl-].[Cl-]. The molecule has 10 rings (SSSR count). The first-order valence-corrected chi connectivity index (χ1v) is 48.3. The number of rotatable bonds is 8. The molecule has 0 spiro atoms. The molecule has 0 aliphatic heterocycles. The second kappa shape index (κ2) is 20.5. The van der Waals surface area contributed by atoms with Gasteiger partial charge in [0, 0.05) is 0 Å². The summed E-state index contributed by atoms with van der Waals surface area (Å²) in [5.74, 6) is -2.12. The van der Waals surface area contributed by atoms with Crippen molar-refractivity contribution in [3.05, 3.63) is 223 Å². The quantitative estimate of drug-likeness (QED) is 0.141. The van der Waals surface area contributed by atoms with Crippen LogP contribution in [0.25, 0.3) is 24.3 Å². The Morgan fingerprint density at radius 2 is 0.531 bits per heavy atom. The third-order valence-corrected chi connectivity index (χ3v) is 77.5. The van der Waals surface area contributed by atoms with Gasteiger partial charge in [-0.3, -0.25) is 0 Å². The van der Waals surface area contributed by atoms with Gasteiger partial charge in [0.2, 0.25) is 0 Å². The molecule has 0 nitrogen and oxygen atoms in total. The summed E-state index contributed by atoms with van der Waals surface area (Å²) in [5.41, 5.74) is 24.5. The average molecular weight is 1240 g/mol. The molecule has 0 bridgehead atoms. The molecule has 4 aliphatic carbocycles. The van der Waals surface area contributed by atoms with E-state index in [1.165, 1.54) is 66.8 Å². The fourth-order valence-corrected chi connectivity index (χ4v) is 78.5. The molecule has 0 amide bonds. The van der Waals surface area contributed by atoms with Crippen LogP contribution in [0.5, 0.6) is 0 Å². The maximum atomic E-state index is 2.67. The van der Waals surface area contributed by atoms with Crippen molar-refractivity contribution in [3.63, 3.8) is 0 Å². The minimum atomic E-state index is -2.27. The van der Waals surface area contributed by atoms with Crippen LogP contribution in [0.3, 0.4) is 0 Å². The first-order valence-electron chi connectivity index (χ1n) is 22.9. The molecule has 0 aromatic heterocycles. The van der Waals surface area contributed by atoms with E-state index in [2.05, 4.69) is 226 Å². The summed E-state index contributed by atoms with van der Waals surface area (Å²) < 4.78 is 2.79. The predicted molar refractivity (Wildman–Crippen MR) is 269 cm³/mol. The molecule has 324 valence electrons. The molecule has 6 aromatic carbocycles. The van der Waals surface area contributed by atoms with Gasteiger partial charge >= 0.3 is 394 Å². The van der Waals surface area contributed by atoms with Crippen LogP contribution < -0.4 is 35.2 Å². The van der Waals surface area contributed by atoms with Gasteiger partial charge in [-0.05, 0) is 0 Å². The Labute approximate surface area is 414 Å². The maximum Gasteiger partial charge on any atom is -1.00 e. The van der Waals surface area contributed by atoms with Gasteiger partial charge in [0.15, 0.2) is 0 Å². The zero-order valence-electron chi connectivity index (χ0n) is 39.2. The van der Waals surface area contributed by atoms with E-state index in [9.17, 15) is 0 Å². The number of hydrogen-bond donors (Lipinski definition) is 0. The van der Waals surface area contributed by atoms with E-state index in [1.54, 1.807) is 32.6 Å². The van der Waals surface area contributed by atoms with E-state index in [1.807, 2.05) is 0 Å². The molecular weight excluding hydrogens is 1180 g/mol. The van der Waals surface area contributed by atoms with E-state index >= 15 is 0 Å². The summed E-state index contributed by atoms with van der Waals surface area (Å²) in [5, 5.41) is 3.34. The van der Waals surface area contributed by atoms with Crippen molar-refractivity contribution in [2.75, 3.05) is 0 Å². The van der Waals surface area contributed by atoms with Crippen LogP contribution in [0.4, 0.5) is 0 Å². The van der Waals surface area contributed by atoms with E-state index < -0.39 is 53.2 Å². The number of aryl methyl sites for hydroxylation is 8. The molecule has 6 unspecified atom stereocenters. The second-order valence-electron chi connectivity index (χ2n) is 18.7. The van der Waals surface area contributed by atoms with Gasteiger partial charge < -0.3 is 24.8 Å². The van der Waals surface area contributed by atoms with Crippen molar-refractivity contribution in [2.45, 2.75) is 83.2 Å². The summed E-state index contributed by atoms with van der Waals surface area (Å²) in [6.07, 6.45) is 20.3. The molecule has 0 saturated heterocycles. The molecule has 4 aliphatic rings. The Bertz CT molecular complexity index is 2470. The first-order chi connectivity index (χ1) is 29.9. The van der Waals surface area contributed by atoms with Crippen molar-refractivity contribution in [2.24, 2.45) is 0 Å². The van der Waals surface area contributed by atoms with Crippen LogP contribution >= 0.6 is 0 Å². The summed E-state index contributed by atoms with van der Waals surface area (Å²) in [7, 11) is 0. The zero-order chi connectivity index (χ0) is 43.4. The summed E-state index contributed by atoms with van der Waals surface area (Å²) in [6.45, 7) is 23.8. The van der Waals surface area contributed by atoms with Crippen LogP contribution in [0.2, 0.25) is 13.1 Å². The minimum Gasteiger partial charge on any atom is -1.00 e. The van der Waals surface area contributed by atoms with E-state index in [-0.39, 0.29) is 24.8 Å². The van der Waals surface area contributed by atoms with Gasteiger partial charge in [0.25, 0.3) is 0 Å². The average Bonchev–Trinajstić information content (AvgIpc) is 4.12. The predicted octanol–water partition coefficient (Wildman–Crippen LogP) is 7.28. The largest absolute Gasteiger partial charge is 1.00 e. The van der Waals surface area contributed by atoms with Crippen molar-refractivity contribution in [3.8, 4) is 0 Å². The Morgan fingerprint density at radius 3 is 0.766 bits per heavy atom. The Hall–Kier alpha value is -2.97. The van der Waals surface area contributed by atoms with Gasteiger partial charge in [0.1, 0.15) is 0 Å². The van der Waals surface area contributed by atoms with Crippen LogP contribution in [0, 0.1) is 55.4 Å². The van der Waals surface area contributed by atoms with Crippen LogP contribution in [0.15, 0.2) is 133 Å². The number of benzene rings is 6. The minimum absolute atomic E-state index is 0. The van der Waals surface area contributed by atoms with E-state index in [0.717, 1.165) is 0 Å². The maximum absolute atomic E-state index is 2.67. The fraction of sp³-hybridized carbons (Fsp3) is 0.241. The van der Waals surface area contributed by atoms with Gasteiger partial charge in [-0.2, -0.15) is 0 Å². The van der Waals surface area contributed by atoms with Crippen LogP contribution in [-0.4, -0.2) is 12.0 Å². The van der Waals surface area contributed by atoms with Crippen molar-refractivity contribution >= 4 is 46.6 Å². The van der Waals surface area contributed by atoms with Crippen molar-refractivity contribution in [1.82, 2.24) is 0 Å². The molecule has 6 aromatic rings. The Morgan fingerprint density at radius 1 is 0.312 bits per heavy atom. The molecule has 0 heterocycles. The molecule has 0 saturated carbocycles. The summed E-state index contributed by atoms with van der Waals surface area (Å²) in [4.78, 5) is 0. The monoisotopic (exact) mass is 1240 g/mol. The van der Waals surface area contributed by atoms with Crippen LogP contribution in [-0.2, 0) is 41.2 Å². The topological polar surface area (TPSA) is 0 Å².